The Hall–Kier alpha value is -0.0400. The maximum absolute atomic E-state index is 5.55. The average molecular weight is 298 g/mol. The van der Waals surface area contributed by atoms with Crippen LogP contribution in [0.3, 0.4) is 0 Å². The van der Waals surface area contributed by atoms with Gasteiger partial charge in [0.05, 0.1) is 6.61 Å². The van der Waals surface area contributed by atoms with Gasteiger partial charge in [-0.1, -0.05) is 104 Å². The molecule has 0 aromatic rings. The molecule has 21 heavy (non-hydrogen) atoms. The van der Waals surface area contributed by atoms with Crippen molar-refractivity contribution in [2.45, 2.75) is 117 Å². The lowest BCUT2D eigenvalue weighted by molar-refractivity contribution is 0.184. The van der Waals surface area contributed by atoms with Crippen LogP contribution < -0.4 is 0 Å². The molecule has 0 rings (SSSR count). The van der Waals surface area contributed by atoms with Gasteiger partial charge in [-0.25, -0.2) is 0 Å². The highest BCUT2D eigenvalue weighted by atomic mass is 16.5. The summed E-state index contributed by atoms with van der Waals surface area (Å²) in [6.07, 6.45) is 21.9. The van der Waals surface area contributed by atoms with Crippen molar-refractivity contribution in [1.82, 2.24) is 0 Å². The lowest BCUT2D eigenvalue weighted by atomic mass is 10.1. The fourth-order valence-electron chi connectivity index (χ4n) is 2.67. The number of unbranched alkanes of at least 4 members (excludes halogenated alkanes) is 14. The van der Waals surface area contributed by atoms with Crippen LogP contribution in [0.15, 0.2) is 0 Å². The van der Waals surface area contributed by atoms with Crippen molar-refractivity contribution in [2.75, 3.05) is 6.61 Å². The third-order valence-electron chi connectivity index (χ3n) is 4.16. The van der Waals surface area contributed by atoms with Gasteiger partial charge in [0.1, 0.15) is 0 Å². The topological polar surface area (TPSA) is 9.23 Å². The van der Waals surface area contributed by atoms with Crippen LogP contribution in [0.4, 0.5) is 0 Å². The summed E-state index contributed by atoms with van der Waals surface area (Å²) >= 11 is 0. The van der Waals surface area contributed by atoms with Crippen molar-refractivity contribution in [3.05, 3.63) is 6.61 Å². The van der Waals surface area contributed by atoms with Crippen molar-refractivity contribution in [3.63, 3.8) is 0 Å². The van der Waals surface area contributed by atoms with E-state index in [2.05, 4.69) is 13.8 Å². The van der Waals surface area contributed by atoms with Crippen LogP contribution in [0.1, 0.15) is 117 Å². The Morgan fingerprint density at radius 2 is 0.952 bits per heavy atom. The Bertz CT molecular complexity index is 149. The molecule has 1 heteroatoms. The molecular formula is C20H41O. The molecule has 0 saturated heterocycles. The highest BCUT2D eigenvalue weighted by Gasteiger charge is 1.94. The minimum atomic E-state index is 0.929. The molecule has 0 spiro atoms. The molecule has 0 N–H and O–H groups in total. The van der Waals surface area contributed by atoms with Gasteiger partial charge in [0.2, 0.25) is 0 Å². The van der Waals surface area contributed by atoms with Gasteiger partial charge >= 0.3 is 0 Å². The molecule has 0 aliphatic carbocycles. The van der Waals surface area contributed by atoms with Crippen LogP contribution in [-0.2, 0) is 4.74 Å². The van der Waals surface area contributed by atoms with E-state index in [4.69, 9.17) is 4.74 Å². The summed E-state index contributed by atoms with van der Waals surface area (Å²) in [6.45, 7) is 7.51. The molecule has 0 heterocycles. The van der Waals surface area contributed by atoms with Gasteiger partial charge in [-0.15, -0.1) is 0 Å². The first kappa shape index (κ1) is 21.0. The molecule has 1 radical (unpaired) electrons. The summed E-state index contributed by atoms with van der Waals surface area (Å²) in [5.74, 6) is 0. The first-order valence-corrected chi connectivity index (χ1v) is 9.85. The maximum atomic E-state index is 5.55. The quantitative estimate of drug-likeness (QED) is 0.239. The molecule has 1 nitrogen and oxygen atoms in total. The monoisotopic (exact) mass is 297 g/mol. The van der Waals surface area contributed by atoms with Gasteiger partial charge in [0.25, 0.3) is 0 Å². The SMILES string of the molecule is CCCCCCCCCCCCC[CH]OCCCCCC. The highest BCUT2D eigenvalue weighted by molar-refractivity contribution is 4.53. The highest BCUT2D eigenvalue weighted by Crippen LogP contribution is 2.12. The maximum Gasteiger partial charge on any atom is 0.0836 e. The van der Waals surface area contributed by atoms with Crippen molar-refractivity contribution >= 4 is 0 Å². The van der Waals surface area contributed by atoms with E-state index in [1.165, 1.54) is 96.3 Å². The summed E-state index contributed by atoms with van der Waals surface area (Å²) in [4.78, 5) is 0. The van der Waals surface area contributed by atoms with Crippen LogP contribution in [0.5, 0.6) is 0 Å². The number of rotatable bonds is 18. The second-order valence-corrected chi connectivity index (χ2v) is 6.42. The molecule has 0 fully saturated rings. The van der Waals surface area contributed by atoms with E-state index in [0.717, 1.165) is 13.0 Å². The Morgan fingerprint density at radius 3 is 1.48 bits per heavy atom. The summed E-state index contributed by atoms with van der Waals surface area (Å²) in [5, 5.41) is 0. The molecule has 0 amide bonds. The third-order valence-corrected chi connectivity index (χ3v) is 4.16. The predicted molar refractivity (Wildman–Crippen MR) is 95.5 cm³/mol. The van der Waals surface area contributed by atoms with E-state index in [1.807, 2.05) is 6.61 Å². The summed E-state index contributed by atoms with van der Waals surface area (Å²) in [7, 11) is 0. The molecule has 0 saturated carbocycles. The Labute approximate surface area is 135 Å². The van der Waals surface area contributed by atoms with Gasteiger partial charge in [0.15, 0.2) is 0 Å². The molecule has 0 aliphatic heterocycles. The fraction of sp³-hybridized carbons (Fsp3) is 0.950. The first-order chi connectivity index (χ1) is 10.4. The van der Waals surface area contributed by atoms with Crippen LogP contribution in [0, 0.1) is 6.61 Å². The van der Waals surface area contributed by atoms with Gasteiger partial charge in [-0.2, -0.15) is 0 Å². The third kappa shape index (κ3) is 20.0. The number of ether oxygens (including phenoxy) is 1. The van der Waals surface area contributed by atoms with Crippen molar-refractivity contribution in [2.24, 2.45) is 0 Å². The second-order valence-electron chi connectivity index (χ2n) is 6.42. The first-order valence-electron chi connectivity index (χ1n) is 9.85. The van der Waals surface area contributed by atoms with Gasteiger partial charge < -0.3 is 4.74 Å². The summed E-state index contributed by atoms with van der Waals surface area (Å²) < 4.78 is 5.55. The molecule has 127 valence electrons. The van der Waals surface area contributed by atoms with Gasteiger partial charge in [-0.3, -0.25) is 0 Å². The Morgan fingerprint density at radius 1 is 0.524 bits per heavy atom. The average Bonchev–Trinajstić information content (AvgIpc) is 2.50. The molecule has 0 atom stereocenters. The minimum Gasteiger partial charge on any atom is -0.376 e. The zero-order valence-electron chi connectivity index (χ0n) is 15.0. The predicted octanol–water partition coefficient (Wildman–Crippen LogP) is 7.45. The van der Waals surface area contributed by atoms with Crippen molar-refractivity contribution in [3.8, 4) is 0 Å². The lowest BCUT2D eigenvalue weighted by Gasteiger charge is -2.04. The van der Waals surface area contributed by atoms with Crippen LogP contribution in [0.25, 0.3) is 0 Å². The molecule has 0 aromatic heterocycles. The molecule has 0 bridgehead atoms. The number of hydrogen-bond acceptors (Lipinski definition) is 1. The van der Waals surface area contributed by atoms with E-state index < -0.39 is 0 Å². The van der Waals surface area contributed by atoms with E-state index in [1.54, 1.807) is 0 Å². The zero-order valence-corrected chi connectivity index (χ0v) is 15.0. The fourth-order valence-corrected chi connectivity index (χ4v) is 2.67. The smallest absolute Gasteiger partial charge is 0.0836 e. The van der Waals surface area contributed by atoms with Gasteiger partial charge in [0, 0.05) is 6.61 Å². The van der Waals surface area contributed by atoms with Crippen molar-refractivity contribution < 1.29 is 4.74 Å². The lowest BCUT2D eigenvalue weighted by Crippen LogP contribution is -1.92. The van der Waals surface area contributed by atoms with Crippen molar-refractivity contribution in [1.29, 1.82) is 0 Å². The Kier molecular flexibility index (Phi) is 19.9. The van der Waals surface area contributed by atoms with Crippen LogP contribution in [-0.4, -0.2) is 6.61 Å². The standard InChI is InChI=1S/C20H41O/c1-3-5-7-9-10-11-12-13-14-15-16-18-20-21-19-17-8-6-4-2/h20H,3-19H2,1-2H3. The molecular weight excluding hydrogens is 256 g/mol. The number of hydrogen-bond donors (Lipinski definition) is 0. The summed E-state index contributed by atoms with van der Waals surface area (Å²) in [5.41, 5.74) is 0. The largest absolute Gasteiger partial charge is 0.376 e. The second kappa shape index (κ2) is 20.0. The molecule has 0 aromatic carbocycles. The normalized spacial score (nSPS) is 11.1. The van der Waals surface area contributed by atoms with Gasteiger partial charge in [-0.05, 0) is 12.8 Å². The van der Waals surface area contributed by atoms with Crippen LogP contribution in [0.2, 0.25) is 0 Å². The molecule has 0 unspecified atom stereocenters. The van der Waals surface area contributed by atoms with E-state index in [9.17, 15) is 0 Å². The van der Waals surface area contributed by atoms with E-state index in [-0.39, 0.29) is 0 Å². The minimum absolute atomic E-state index is 0.929. The molecule has 0 aliphatic rings. The van der Waals surface area contributed by atoms with E-state index in [0.29, 0.717) is 0 Å². The Balaban J connectivity index is 2.90. The van der Waals surface area contributed by atoms with Crippen LogP contribution >= 0.6 is 0 Å². The zero-order chi connectivity index (χ0) is 15.4. The van der Waals surface area contributed by atoms with E-state index >= 15 is 0 Å². The summed E-state index contributed by atoms with van der Waals surface area (Å²) in [6, 6.07) is 0.